The Morgan fingerprint density at radius 2 is 1.88 bits per heavy atom. The molecule has 1 aromatic heterocycles. The lowest BCUT2D eigenvalue weighted by Crippen LogP contribution is -2.03. The zero-order valence-electron chi connectivity index (χ0n) is 8.94. The number of aromatic nitrogens is 2. The Labute approximate surface area is 102 Å². The lowest BCUT2D eigenvalue weighted by atomic mass is 10.3. The van der Waals surface area contributed by atoms with Crippen LogP contribution >= 0.6 is 0 Å². The molecule has 1 aromatic carbocycles. The number of hydrogen-bond donors (Lipinski definition) is 2. The highest BCUT2D eigenvalue weighted by Crippen LogP contribution is 2.14. The van der Waals surface area contributed by atoms with Crippen LogP contribution in [-0.2, 0) is 0 Å². The van der Waals surface area contributed by atoms with Crippen LogP contribution in [0.2, 0.25) is 0 Å². The van der Waals surface area contributed by atoms with Crippen molar-refractivity contribution < 1.29 is 0 Å². The molecule has 0 saturated heterocycles. The molecule has 2 rings (SSSR count). The second-order valence-corrected chi connectivity index (χ2v) is 4.17. The van der Waals surface area contributed by atoms with Crippen LogP contribution in [0.1, 0.15) is 5.69 Å². The Balaban J connectivity index is 2.23. The Hall–Kier alpha value is -1.57. The van der Waals surface area contributed by atoms with Crippen molar-refractivity contribution in [3.63, 3.8) is 0 Å². The van der Waals surface area contributed by atoms with Gasteiger partial charge in [0.2, 0.25) is 5.95 Å². The van der Waals surface area contributed by atoms with Crippen LogP contribution in [-0.4, -0.2) is 26.3 Å². The molecule has 0 atom stereocenters. The molecule has 78 valence electrons. The van der Waals surface area contributed by atoms with E-state index in [2.05, 4.69) is 31.6 Å². The number of nitrogen functional groups attached to an aromatic ring is 1. The fraction of sp³-hybridized carbons (Fsp3) is 0.0909. The first kappa shape index (κ1) is 10.9. The first-order valence-corrected chi connectivity index (χ1v) is 5.45. The minimum absolute atomic E-state index is 0.283. The third kappa shape index (κ3) is 2.72. The monoisotopic (exact) mass is 226 g/mol. The van der Waals surface area contributed by atoms with Gasteiger partial charge in [-0.05, 0) is 19.1 Å². The van der Waals surface area contributed by atoms with Crippen molar-refractivity contribution in [2.75, 3.05) is 11.1 Å². The fourth-order valence-corrected chi connectivity index (χ4v) is 1.56. The normalized spacial score (nSPS) is 10.1. The van der Waals surface area contributed by atoms with Gasteiger partial charge in [-0.2, -0.15) is 4.98 Å². The van der Waals surface area contributed by atoms with Gasteiger partial charge in [-0.3, -0.25) is 0 Å². The van der Waals surface area contributed by atoms with Gasteiger partial charge in [-0.25, -0.2) is 4.98 Å². The molecule has 0 bridgehead atoms. The molecule has 1 heterocycles. The SMILES string of the molecule is Cc1cc(Nc2cc[c]([Al])cc2)nc(N)n1. The molecule has 3 N–H and O–H groups in total. The second kappa shape index (κ2) is 4.52. The quantitative estimate of drug-likeness (QED) is 0.747. The molecular formula is C11H11AlN4. The van der Waals surface area contributed by atoms with E-state index in [1.807, 2.05) is 37.3 Å². The summed E-state index contributed by atoms with van der Waals surface area (Å²) in [4.78, 5) is 8.12. The van der Waals surface area contributed by atoms with Crippen molar-refractivity contribution in [2.24, 2.45) is 0 Å². The van der Waals surface area contributed by atoms with Gasteiger partial charge in [0.1, 0.15) is 5.82 Å². The highest BCUT2D eigenvalue weighted by molar-refractivity contribution is 6.32. The van der Waals surface area contributed by atoms with Crippen molar-refractivity contribution in [2.45, 2.75) is 6.92 Å². The van der Waals surface area contributed by atoms with E-state index in [-0.39, 0.29) is 5.95 Å². The van der Waals surface area contributed by atoms with Crippen molar-refractivity contribution in [1.82, 2.24) is 9.97 Å². The number of rotatable bonds is 2. The first-order chi connectivity index (χ1) is 7.63. The van der Waals surface area contributed by atoms with Gasteiger partial charge in [-0.1, -0.05) is 12.1 Å². The Morgan fingerprint density at radius 1 is 1.19 bits per heavy atom. The molecule has 16 heavy (non-hydrogen) atoms. The van der Waals surface area contributed by atoms with Gasteiger partial charge in [-0.15, -0.1) is 4.43 Å². The molecule has 0 saturated carbocycles. The number of nitrogens with one attached hydrogen (secondary N) is 1. The molecule has 0 aliphatic carbocycles. The number of anilines is 3. The van der Waals surface area contributed by atoms with Crippen LogP contribution < -0.4 is 15.5 Å². The summed E-state index contributed by atoms with van der Waals surface area (Å²) in [6, 6.07) is 9.83. The van der Waals surface area contributed by atoms with Gasteiger partial charge in [0.15, 0.2) is 16.3 Å². The minimum atomic E-state index is 0.283. The number of aryl methyl sites for hydroxylation is 1. The van der Waals surface area contributed by atoms with Crippen LogP contribution in [0.3, 0.4) is 0 Å². The molecule has 0 aliphatic rings. The number of nitrogens with two attached hydrogens (primary N) is 1. The second-order valence-electron chi connectivity index (χ2n) is 3.50. The van der Waals surface area contributed by atoms with Gasteiger partial charge in [0.05, 0.1) is 0 Å². The largest absolute Gasteiger partial charge is 0.368 e. The molecule has 0 spiro atoms. The lowest BCUT2D eigenvalue weighted by Gasteiger charge is -2.07. The zero-order chi connectivity index (χ0) is 11.5. The van der Waals surface area contributed by atoms with E-state index in [4.69, 9.17) is 5.73 Å². The fourth-order valence-electron chi connectivity index (χ4n) is 1.37. The molecule has 0 amide bonds. The van der Waals surface area contributed by atoms with Crippen LogP contribution in [0.25, 0.3) is 0 Å². The Bertz CT molecular complexity index is 476. The Kier molecular flexibility index (Phi) is 3.09. The van der Waals surface area contributed by atoms with Crippen molar-refractivity contribution in [3.05, 3.63) is 36.0 Å². The smallest absolute Gasteiger partial charge is 0.222 e. The van der Waals surface area contributed by atoms with E-state index in [0.29, 0.717) is 5.82 Å². The summed E-state index contributed by atoms with van der Waals surface area (Å²) < 4.78 is 1.14. The summed E-state index contributed by atoms with van der Waals surface area (Å²) >= 11 is 2.64. The van der Waals surface area contributed by atoms with Crippen LogP contribution in [0, 0.1) is 6.92 Å². The van der Waals surface area contributed by atoms with Crippen molar-refractivity contribution >= 4 is 38.2 Å². The summed E-state index contributed by atoms with van der Waals surface area (Å²) in [6.07, 6.45) is 0. The van der Waals surface area contributed by atoms with E-state index in [1.54, 1.807) is 0 Å². The van der Waals surface area contributed by atoms with E-state index in [9.17, 15) is 0 Å². The highest BCUT2D eigenvalue weighted by Gasteiger charge is 1.99. The summed E-state index contributed by atoms with van der Waals surface area (Å²) in [5.41, 5.74) is 7.39. The van der Waals surface area contributed by atoms with Gasteiger partial charge >= 0.3 is 0 Å². The summed E-state index contributed by atoms with van der Waals surface area (Å²) in [5.74, 6) is 0.992. The van der Waals surface area contributed by atoms with E-state index in [1.165, 1.54) is 0 Å². The maximum Gasteiger partial charge on any atom is 0.222 e. The van der Waals surface area contributed by atoms with E-state index >= 15 is 0 Å². The summed E-state index contributed by atoms with van der Waals surface area (Å²) in [6.45, 7) is 1.88. The number of benzene rings is 1. The topological polar surface area (TPSA) is 63.8 Å². The molecule has 0 aliphatic heterocycles. The van der Waals surface area contributed by atoms with Gasteiger partial charge in [0, 0.05) is 17.4 Å². The third-order valence-corrected chi connectivity index (χ3v) is 2.44. The first-order valence-electron chi connectivity index (χ1n) is 4.87. The van der Waals surface area contributed by atoms with E-state index in [0.717, 1.165) is 15.8 Å². The predicted molar refractivity (Wildman–Crippen MR) is 66.3 cm³/mol. The molecule has 0 unspecified atom stereocenters. The maximum absolute atomic E-state index is 5.57. The lowest BCUT2D eigenvalue weighted by molar-refractivity contribution is 1.12. The average molecular weight is 226 g/mol. The summed E-state index contributed by atoms with van der Waals surface area (Å²) in [7, 11) is 0. The van der Waals surface area contributed by atoms with Gasteiger partial charge in [0.25, 0.3) is 0 Å². The van der Waals surface area contributed by atoms with E-state index < -0.39 is 0 Å². The molecule has 5 heteroatoms. The van der Waals surface area contributed by atoms with Gasteiger partial charge < -0.3 is 11.1 Å². The Morgan fingerprint density at radius 3 is 2.50 bits per heavy atom. The average Bonchev–Trinajstić information content (AvgIpc) is 2.20. The molecule has 4 nitrogen and oxygen atoms in total. The molecule has 2 radical (unpaired) electrons. The van der Waals surface area contributed by atoms with Crippen LogP contribution in [0.15, 0.2) is 30.3 Å². The van der Waals surface area contributed by atoms with Crippen LogP contribution in [0.4, 0.5) is 17.5 Å². The van der Waals surface area contributed by atoms with Crippen molar-refractivity contribution in [1.29, 1.82) is 0 Å². The number of hydrogen-bond acceptors (Lipinski definition) is 4. The zero-order valence-corrected chi connectivity index (χ0v) is 10.1. The third-order valence-electron chi connectivity index (χ3n) is 2.05. The molecule has 0 fully saturated rings. The standard InChI is InChI=1S/C11H11N4.Al/c1-8-7-10(15-11(12)13-8)14-9-5-3-2-4-6-9;/h3-7H,1H3,(H3,12,13,14,15);. The predicted octanol–water partition coefficient (Wildman–Crippen LogP) is 0.905. The highest BCUT2D eigenvalue weighted by atomic mass is 27.0. The molecule has 2 aromatic rings. The minimum Gasteiger partial charge on any atom is -0.368 e. The van der Waals surface area contributed by atoms with Crippen molar-refractivity contribution in [3.8, 4) is 0 Å². The summed E-state index contributed by atoms with van der Waals surface area (Å²) in [5, 5.41) is 3.17. The number of nitrogens with zero attached hydrogens (tertiary/aromatic N) is 2. The van der Waals surface area contributed by atoms with Crippen LogP contribution in [0.5, 0.6) is 0 Å². The maximum atomic E-state index is 5.57. The molecular weight excluding hydrogens is 215 g/mol.